The van der Waals surface area contributed by atoms with Crippen LogP contribution in [0.3, 0.4) is 0 Å². The molecule has 0 saturated carbocycles. The molecule has 0 aliphatic rings. The molecule has 4 N–H and O–H groups in total. The maximum Gasteiger partial charge on any atom is 0.247 e. The molecule has 2 atom stereocenters. The van der Waals surface area contributed by atoms with E-state index in [1.54, 1.807) is 6.07 Å². The van der Waals surface area contributed by atoms with E-state index < -0.39 is 12.0 Å². The Morgan fingerprint density at radius 3 is 2.82 bits per heavy atom. The lowest BCUT2D eigenvalue weighted by Crippen LogP contribution is -2.38. The maximum atomic E-state index is 10.7. The molecular formula is C11H14BrClN2O2. The van der Waals surface area contributed by atoms with Gasteiger partial charge in [-0.3, -0.25) is 4.79 Å². The van der Waals surface area contributed by atoms with Crippen molar-refractivity contribution in [3.63, 3.8) is 0 Å². The van der Waals surface area contributed by atoms with Crippen molar-refractivity contribution in [3.05, 3.63) is 33.3 Å². The van der Waals surface area contributed by atoms with Gasteiger partial charge in [0.2, 0.25) is 5.91 Å². The Morgan fingerprint density at radius 2 is 2.29 bits per heavy atom. The van der Waals surface area contributed by atoms with E-state index in [0.717, 1.165) is 10.0 Å². The molecule has 0 aromatic heterocycles. The average Bonchev–Trinajstić information content (AvgIpc) is 2.25. The van der Waals surface area contributed by atoms with E-state index in [-0.39, 0.29) is 12.6 Å². The highest BCUT2D eigenvalue weighted by Crippen LogP contribution is 2.26. The lowest BCUT2D eigenvalue weighted by molar-refractivity contribution is -0.125. The minimum Gasteiger partial charge on any atom is -0.382 e. The van der Waals surface area contributed by atoms with Gasteiger partial charge in [0.05, 0.1) is 0 Å². The van der Waals surface area contributed by atoms with Crippen LogP contribution < -0.4 is 11.1 Å². The number of amides is 1. The van der Waals surface area contributed by atoms with Gasteiger partial charge in [0.15, 0.2) is 0 Å². The molecule has 0 fully saturated rings. The largest absolute Gasteiger partial charge is 0.382 e. The van der Waals surface area contributed by atoms with Crippen molar-refractivity contribution in [3.8, 4) is 0 Å². The van der Waals surface area contributed by atoms with Gasteiger partial charge in [0, 0.05) is 22.1 Å². The highest BCUT2D eigenvalue weighted by molar-refractivity contribution is 9.10. The van der Waals surface area contributed by atoms with Crippen LogP contribution in [0.4, 0.5) is 0 Å². The van der Waals surface area contributed by atoms with Crippen LogP contribution in [0.1, 0.15) is 18.5 Å². The molecular weight excluding hydrogens is 307 g/mol. The fraction of sp³-hybridized carbons (Fsp3) is 0.364. The number of halogens is 2. The molecule has 0 bridgehead atoms. The summed E-state index contributed by atoms with van der Waals surface area (Å²) in [4.78, 5) is 10.7. The van der Waals surface area contributed by atoms with E-state index in [4.69, 9.17) is 17.3 Å². The number of carbonyl (C=O) groups excluding carboxylic acids is 1. The molecule has 1 aromatic carbocycles. The average molecular weight is 322 g/mol. The summed E-state index contributed by atoms with van der Waals surface area (Å²) in [5.74, 6) is -0.744. The number of aliphatic hydroxyl groups excluding tert-OH is 1. The molecule has 0 aliphatic carbocycles. The summed E-state index contributed by atoms with van der Waals surface area (Å²) in [7, 11) is 0. The van der Waals surface area contributed by atoms with Crippen LogP contribution in [-0.4, -0.2) is 23.7 Å². The Hall–Kier alpha value is -0.620. The predicted molar refractivity (Wildman–Crippen MR) is 70.8 cm³/mol. The van der Waals surface area contributed by atoms with Crippen LogP contribution in [-0.2, 0) is 4.79 Å². The van der Waals surface area contributed by atoms with Gasteiger partial charge in [-0.25, -0.2) is 0 Å². The molecule has 2 unspecified atom stereocenters. The Bertz CT molecular complexity index is 414. The molecule has 17 heavy (non-hydrogen) atoms. The van der Waals surface area contributed by atoms with Gasteiger partial charge >= 0.3 is 0 Å². The molecule has 6 heteroatoms. The maximum absolute atomic E-state index is 10.7. The summed E-state index contributed by atoms with van der Waals surface area (Å²) in [5, 5.41) is 12.9. The zero-order valence-corrected chi connectivity index (χ0v) is 11.6. The van der Waals surface area contributed by atoms with Crippen LogP contribution in [0, 0.1) is 0 Å². The van der Waals surface area contributed by atoms with Gasteiger partial charge < -0.3 is 16.2 Å². The normalized spacial score (nSPS) is 14.4. The third-order valence-electron chi connectivity index (χ3n) is 2.37. The second-order valence-corrected chi connectivity index (χ2v) is 5.04. The fourth-order valence-electron chi connectivity index (χ4n) is 1.35. The Balaban J connectivity index is 2.64. The molecule has 94 valence electrons. The number of hydrogen-bond donors (Lipinski definition) is 3. The van der Waals surface area contributed by atoms with E-state index in [1.165, 1.54) is 0 Å². The number of nitrogens with one attached hydrogen (secondary N) is 1. The Kier molecular flexibility index (Phi) is 5.39. The van der Waals surface area contributed by atoms with E-state index in [0.29, 0.717) is 5.02 Å². The first kappa shape index (κ1) is 14.4. The molecule has 0 aliphatic heterocycles. The molecule has 0 saturated heterocycles. The first-order chi connectivity index (χ1) is 7.91. The smallest absolute Gasteiger partial charge is 0.247 e. The minimum absolute atomic E-state index is 0.0791. The summed E-state index contributed by atoms with van der Waals surface area (Å²) in [5.41, 5.74) is 5.84. The van der Waals surface area contributed by atoms with Crippen LogP contribution in [0.5, 0.6) is 0 Å². The van der Waals surface area contributed by atoms with Crippen LogP contribution in [0.2, 0.25) is 5.02 Å². The monoisotopic (exact) mass is 320 g/mol. The number of carbonyl (C=O) groups is 1. The quantitative estimate of drug-likeness (QED) is 0.771. The van der Waals surface area contributed by atoms with Crippen molar-refractivity contribution in [2.45, 2.75) is 19.1 Å². The van der Waals surface area contributed by atoms with Crippen LogP contribution >= 0.6 is 27.5 Å². The zero-order valence-electron chi connectivity index (χ0n) is 9.28. The summed E-state index contributed by atoms with van der Waals surface area (Å²) in [6.45, 7) is 1.99. The molecule has 0 heterocycles. The fourth-order valence-corrected chi connectivity index (χ4v) is 2.19. The summed E-state index contributed by atoms with van der Waals surface area (Å²) >= 11 is 9.40. The molecule has 0 spiro atoms. The van der Waals surface area contributed by atoms with Crippen molar-refractivity contribution in [2.24, 2.45) is 5.73 Å². The van der Waals surface area contributed by atoms with E-state index in [9.17, 15) is 9.90 Å². The van der Waals surface area contributed by atoms with Crippen LogP contribution in [0.15, 0.2) is 22.7 Å². The molecule has 1 amide bonds. The van der Waals surface area contributed by atoms with Crippen molar-refractivity contribution < 1.29 is 9.90 Å². The molecule has 1 aromatic rings. The Morgan fingerprint density at radius 1 is 1.65 bits per heavy atom. The third kappa shape index (κ3) is 4.27. The SMILES string of the molecule is CC(NCC(O)C(N)=O)c1ccc(Br)cc1Cl. The van der Waals surface area contributed by atoms with Crippen molar-refractivity contribution in [1.82, 2.24) is 5.32 Å². The van der Waals surface area contributed by atoms with E-state index in [2.05, 4.69) is 21.2 Å². The van der Waals surface area contributed by atoms with Gasteiger partial charge in [-0.05, 0) is 24.6 Å². The third-order valence-corrected chi connectivity index (χ3v) is 3.20. The lowest BCUT2D eigenvalue weighted by Gasteiger charge is -2.17. The summed E-state index contributed by atoms with van der Waals surface area (Å²) in [6.07, 6.45) is -1.19. The molecule has 4 nitrogen and oxygen atoms in total. The number of rotatable bonds is 5. The van der Waals surface area contributed by atoms with Crippen LogP contribution in [0.25, 0.3) is 0 Å². The number of aliphatic hydroxyl groups is 1. The first-order valence-corrected chi connectivity index (χ1v) is 6.24. The molecule has 0 radical (unpaired) electrons. The van der Waals surface area contributed by atoms with Crippen molar-refractivity contribution in [2.75, 3.05) is 6.54 Å². The van der Waals surface area contributed by atoms with Gasteiger partial charge in [-0.2, -0.15) is 0 Å². The standard InChI is InChI=1S/C11H14BrClN2O2/c1-6(15-5-10(16)11(14)17)8-3-2-7(12)4-9(8)13/h2-4,6,10,15-16H,5H2,1H3,(H2,14,17). The lowest BCUT2D eigenvalue weighted by atomic mass is 10.1. The van der Waals surface area contributed by atoms with Gasteiger partial charge in [0.1, 0.15) is 6.10 Å². The predicted octanol–water partition coefficient (Wildman–Crippen LogP) is 1.60. The van der Waals surface area contributed by atoms with E-state index in [1.807, 2.05) is 19.1 Å². The van der Waals surface area contributed by atoms with Crippen molar-refractivity contribution >= 4 is 33.4 Å². The second-order valence-electron chi connectivity index (χ2n) is 3.71. The highest BCUT2D eigenvalue weighted by atomic mass is 79.9. The van der Waals surface area contributed by atoms with Crippen molar-refractivity contribution in [1.29, 1.82) is 0 Å². The number of primary amides is 1. The number of hydrogen-bond acceptors (Lipinski definition) is 3. The highest BCUT2D eigenvalue weighted by Gasteiger charge is 2.14. The minimum atomic E-state index is -1.19. The zero-order chi connectivity index (χ0) is 13.0. The second kappa shape index (κ2) is 6.35. The Labute approximate surface area is 113 Å². The number of benzene rings is 1. The topological polar surface area (TPSA) is 75.3 Å². The molecule has 1 rings (SSSR count). The number of nitrogens with two attached hydrogens (primary N) is 1. The van der Waals surface area contributed by atoms with Gasteiger partial charge in [0.25, 0.3) is 0 Å². The van der Waals surface area contributed by atoms with Gasteiger partial charge in [-0.15, -0.1) is 0 Å². The summed E-state index contributed by atoms with van der Waals surface area (Å²) in [6, 6.07) is 5.47. The van der Waals surface area contributed by atoms with Gasteiger partial charge in [-0.1, -0.05) is 33.6 Å². The first-order valence-electron chi connectivity index (χ1n) is 5.07. The van der Waals surface area contributed by atoms with E-state index >= 15 is 0 Å². The summed E-state index contributed by atoms with van der Waals surface area (Å²) < 4.78 is 0.899.